The predicted octanol–water partition coefficient (Wildman–Crippen LogP) is 0.753. The van der Waals surface area contributed by atoms with Crippen molar-refractivity contribution in [1.82, 2.24) is 15.5 Å². The average molecular weight is 251 g/mol. The molecule has 1 aliphatic heterocycles. The standard InChI is InChI=1S/C14H25N3O/c1-2-7-17-8-5-13(6-9-17)16-14(18)11-15-10-12-3-4-12/h2,12-13,15H,1,3-11H2,(H,16,18). The summed E-state index contributed by atoms with van der Waals surface area (Å²) in [5.74, 6) is 0.984. The van der Waals surface area contributed by atoms with Gasteiger partial charge in [-0.15, -0.1) is 6.58 Å². The quantitative estimate of drug-likeness (QED) is 0.656. The van der Waals surface area contributed by atoms with E-state index in [1.165, 1.54) is 12.8 Å². The molecule has 1 saturated carbocycles. The summed E-state index contributed by atoms with van der Waals surface area (Å²) < 4.78 is 0. The maximum Gasteiger partial charge on any atom is 0.234 e. The van der Waals surface area contributed by atoms with Crippen molar-refractivity contribution in [2.75, 3.05) is 32.7 Å². The minimum absolute atomic E-state index is 0.151. The van der Waals surface area contributed by atoms with Crippen LogP contribution in [0.3, 0.4) is 0 Å². The summed E-state index contributed by atoms with van der Waals surface area (Å²) in [5.41, 5.74) is 0. The summed E-state index contributed by atoms with van der Waals surface area (Å²) in [4.78, 5) is 14.1. The van der Waals surface area contributed by atoms with Crippen LogP contribution in [0.5, 0.6) is 0 Å². The van der Waals surface area contributed by atoms with Crippen LogP contribution in [0.4, 0.5) is 0 Å². The van der Waals surface area contributed by atoms with E-state index in [9.17, 15) is 4.79 Å². The Morgan fingerprint density at radius 3 is 2.61 bits per heavy atom. The lowest BCUT2D eigenvalue weighted by Gasteiger charge is -2.31. The molecule has 1 heterocycles. The number of carbonyl (C=O) groups excluding carboxylic acids is 1. The lowest BCUT2D eigenvalue weighted by molar-refractivity contribution is -0.121. The number of amides is 1. The van der Waals surface area contributed by atoms with Crippen LogP contribution in [0.1, 0.15) is 25.7 Å². The summed E-state index contributed by atoms with van der Waals surface area (Å²) in [5, 5.41) is 6.35. The van der Waals surface area contributed by atoms with Gasteiger partial charge >= 0.3 is 0 Å². The third-order valence-corrected chi connectivity index (χ3v) is 3.76. The summed E-state index contributed by atoms with van der Waals surface area (Å²) >= 11 is 0. The molecule has 1 amide bonds. The van der Waals surface area contributed by atoms with E-state index < -0.39 is 0 Å². The van der Waals surface area contributed by atoms with Gasteiger partial charge in [0, 0.05) is 25.7 Å². The molecule has 2 aliphatic rings. The number of nitrogens with zero attached hydrogens (tertiary/aromatic N) is 1. The molecule has 4 nitrogen and oxygen atoms in total. The maximum atomic E-state index is 11.7. The third kappa shape index (κ3) is 4.78. The fourth-order valence-electron chi connectivity index (χ4n) is 2.43. The molecule has 1 aliphatic carbocycles. The maximum absolute atomic E-state index is 11.7. The molecule has 1 saturated heterocycles. The number of hydrogen-bond donors (Lipinski definition) is 2. The van der Waals surface area contributed by atoms with Gasteiger partial charge in [0.25, 0.3) is 0 Å². The molecule has 0 aromatic rings. The number of likely N-dealkylation sites (tertiary alicyclic amines) is 1. The van der Waals surface area contributed by atoms with E-state index in [1.807, 2.05) is 6.08 Å². The van der Waals surface area contributed by atoms with Gasteiger partial charge in [0.15, 0.2) is 0 Å². The van der Waals surface area contributed by atoms with Gasteiger partial charge in [-0.25, -0.2) is 0 Å². The Kier molecular flexibility index (Phi) is 5.20. The largest absolute Gasteiger partial charge is 0.352 e. The zero-order chi connectivity index (χ0) is 12.8. The second-order valence-electron chi connectivity index (χ2n) is 5.51. The second kappa shape index (κ2) is 6.90. The Balaban J connectivity index is 1.55. The highest BCUT2D eigenvalue weighted by molar-refractivity contribution is 5.78. The van der Waals surface area contributed by atoms with Crippen LogP contribution in [0.2, 0.25) is 0 Å². The minimum atomic E-state index is 0.151. The van der Waals surface area contributed by atoms with Gasteiger partial charge in [0.1, 0.15) is 0 Å². The van der Waals surface area contributed by atoms with E-state index >= 15 is 0 Å². The van der Waals surface area contributed by atoms with E-state index in [-0.39, 0.29) is 5.91 Å². The van der Waals surface area contributed by atoms with Crippen molar-refractivity contribution >= 4 is 5.91 Å². The van der Waals surface area contributed by atoms with Crippen molar-refractivity contribution in [3.8, 4) is 0 Å². The Morgan fingerprint density at radius 1 is 1.28 bits per heavy atom. The SMILES string of the molecule is C=CCN1CCC(NC(=O)CNCC2CC2)CC1. The smallest absolute Gasteiger partial charge is 0.234 e. The van der Waals surface area contributed by atoms with Crippen LogP contribution in [0.15, 0.2) is 12.7 Å². The van der Waals surface area contributed by atoms with Crippen LogP contribution in [-0.4, -0.2) is 49.6 Å². The fourth-order valence-corrected chi connectivity index (χ4v) is 2.43. The van der Waals surface area contributed by atoms with E-state index in [2.05, 4.69) is 22.1 Å². The topological polar surface area (TPSA) is 44.4 Å². The number of carbonyl (C=O) groups is 1. The molecule has 0 atom stereocenters. The molecular formula is C14H25N3O. The van der Waals surface area contributed by atoms with Crippen molar-refractivity contribution in [1.29, 1.82) is 0 Å². The molecule has 0 spiro atoms. The third-order valence-electron chi connectivity index (χ3n) is 3.76. The number of nitrogens with one attached hydrogen (secondary N) is 2. The van der Waals surface area contributed by atoms with Gasteiger partial charge in [0.2, 0.25) is 5.91 Å². The average Bonchev–Trinajstić information content (AvgIpc) is 3.16. The summed E-state index contributed by atoms with van der Waals surface area (Å²) in [7, 11) is 0. The second-order valence-corrected chi connectivity index (χ2v) is 5.51. The normalized spacial score (nSPS) is 21.8. The van der Waals surface area contributed by atoms with Crippen molar-refractivity contribution in [2.24, 2.45) is 5.92 Å². The molecule has 2 N–H and O–H groups in total. The lowest BCUT2D eigenvalue weighted by Crippen LogP contribution is -2.47. The molecular weight excluding hydrogens is 226 g/mol. The zero-order valence-corrected chi connectivity index (χ0v) is 11.2. The highest BCUT2D eigenvalue weighted by Gasteiger charge is 2.22. The van der Waals surface area contributed by atoms with Gasteiger partial charge in [-0.2, -0.15) is 0 Å². The number of rotatable bonds is 7. The zero-order valence-electron chi connectivity index (χ0n) is 11.2. The van der Waals surface area contributed by atoms with E-state index in [4.69, 9.17) is 0 Å². The molecule has 0 aromatic heterocycles. The van der Waals surface area contributed by atoms with Crippen LogP contribution in [0.25, 0.3) is 0 Å². The van der Waals surface area contributed by atoms with Crippen LogP contribution < -0.4 is 10.6 Å². The molecule has 4 heteroatoms. The summed E-state index contributed by atoms with van der Waals surface area (Å²) in [6.45, 7) is 8.32. The molecule has 102 valence electrons. The first kappa shape index (κ1) is 13.6. The Bertz CT molecular complexity index is 281. The van der Waals surface area contributed by atoms with Crippen LogP contribution >= 0.6 is 0 Å². The molecule has 0 radical (unpaired) electrons. The molecule has 2 rings (SSSR count). The van der Waals surface area contributed by atoms with Gasteiger partial charge in [-0.3, -0.25) is 9.69 Å². The van der Waals surface area contributed by atoms with Crippen LogP contribution in [-0.2, 0) is 4.79 Å². The Morgan fingerprint density at radius 2 is 2.00 bits per heavy atom. The van der Waals surface area contributed by atoms with E-state index in [0.717, 1.165) is 44.9 Å². The first-order chi connectivity index (χ1) is 8.78. The molecule has 18 heavy (non-hydrogen) atoms. The number of piperidine rings is 1. The first-order valence-corrected chi connectivity index (χ1v) is 7.11. The van der Waals surface area contributed by atoms with Gasteiger partial charge in [0.05, 0.1) is 6.54 Å². The Labute approximate surface area is 110 Å². The van der Waals surface area contributed by atoms with Gasteiger partial charge < -0.3 is 10.6 Å². The van der Waals surface area contributed by atoms with Gasteiger partial charge in [-0.1, -0.05) is 6.08 Å². The minimum Gasteiger partial charge on any atom is -0.352 e. The van der Waals surface area contributed by atoms with Crippen molar-refractivity contribution in [3.63, 3.8) is 0 Å². The fraction of sp³-hybridized carbons (Fsp3) is 0.786. The summed E-state index contributed by atoms with van der Waals surface area (Å²) in [6, 6.07) is 0.362. The highest BCUT2D eigenvalue weighted by Crippen LogP contribution is 2.27. The molecule has 0 unspecified atom stereocenters. The molecule has 2 fully saturated rings. The van der Waals surface area contributed by atoms with Crippen molar-refractivity contribution < 1.29 is 4.79 Å². The monoisotopic (exact) mass is 251 g/mol. The lowest BCUT2D eigenvalue weighted by atomic mass is 10.1. The van der Waals surface area contributed by atoms with Crippen molar-refractivity contribution in [2.45, 2.75) is 31.7 Å². The van der Waals surface area contributed by atoms with Crippen molar-refractivity contribution in [3.05, 3.63) is 12.7 Å². The molecule has 0 bridgehead atoms. The summed E-state index contributed by atoms with van der Waals surface area (Å²) in [6.07, 6.45) is 6.72. The predicted molar refractivity (Wildman–Crippen MR) is 73.4 cm³/mol. The Hall–Kier alpha value is -0.870. The molecule has 0 aromatic carbocycles. The first-order valence-electron chi connectivity index (χ1n) is 7.11. The van der Waals surface area contributed by atoms with E-state index in [0.29, 0.717) is 12.6 Å². The van der Waals surface area contributed by atoms with Crippen LogP contribution in [0, 0.1) is 5.92 Å². The van der Waals surface area contributed by atoms with Gasteiger partial charge in [-0.05, 0) is 38.1 Å². The van der Waals surface area contributed by atoms with E-state index in [1.54, 1.807) is 0 Å². The number of hydrogen-bond acceptors (Lipinski definition) is 3. The highest BCUT2D eigenvalue weighted by atomic mass is 16.1.